The zero-order valence-electron chi connectivity index (χ0n) is 54.6. The Labute approximate surface area is 501 Å². The zero-order valence-corrected chi connectivity index (χ0v) is 54.6. The summed E-state index contributed by atoms with van der Waals surface area (Å²) in [5.41, 5.74) is 0. The average Bonchev–Trinajstić information content (AvgIpc) is 3.46. The third-order valence-electron chi connectivity index (χ3n) is 17.0. The molecule has 474 valence electrons. The summed E-state index contributed by atoms with van der Waals surface area (Å²) in [6, 6.07) is 0. The summed E-state index contributed by atoms with van der Waals surface area (Å²) in [5, 5.41) is 0. The first-order valence-electron chi connectivity index (χ1n) is 36.7. The van der Waals surface area contributed by atoms with Gasteiger partial charge in [-0.15, -0.1) is 0 Å². The molecule has 0 radical (unpaired) electrons. The van der Waals surface area contributed by atoms with Crippen LogP contribution < -0.4 is 0 Å². The van der Waals surface area contributed by atoms with Gasteiger partial charge in [0.2, 0.25) is 0 Å². The molecule has 0 spiro atoms. The van der Waals surface area contributed by atoms with E-state index in [9.17, 15) is 14.4 Å². The maximum absolute atomic E-state index is 12.9. The number of hydrogen-bond donors (Lipinski definition) is 0. The summed E-state index contributed by atoms with van der Waals surface area (Å²) < 4.78 is 17.0. The van der Waals surface area contributed by atoms with Crippen LogP contribution in [0.1, 0.15) is 425 Å². The molecule has 0 bridgehead atoms. The van der Waals surface area contributed by atoms with Crippen LogP contribution in [-0.4, -0.2) is 37.2 Å². The molecule has 0 amide bonds. The molecule has 0 saturated heterocycles. The quantitative estimate of drug-likeness (QED) is 0.0261. The first-order valence-corrected chi connectivity index (χ1v) is 36.7. The van der Waals surface area contributed by atoms with Crippen molar-refractivity contribution in [2.45, 2.75) is 431 Å². The number of allylic oxidation sites excluding steroid dienone is 2. The zero-order chi connectivity index (χ0) is 57.8. The van der Waals surface area contributed by atoms with Gasteiger partial charge in [-0.1, -0.05) is 380 Å². The fourth-order valence-corrected chi connectivity index (χ4v) is 11.5. The molecule has 0 aromatic carbocycles. The molecule has 0 aliphatic carbocycles. The molecule has 0 aliphatic rings. The smallest absolute Gasteiger partial charge is 0.306 e. The number of hydrogen-bond acceptors (Lipinski definition) is 6. The fourth-order valence-electron chi connectivity index (χ4n) is 11.5. The molecule has 6 nitrogen and oxygen atoms in total. The van der Waals surface area contributed by atoms with Gasteiger partial charge in [0.05, 0.1) is 0 Å². The van der Waals surface area contributed by atoms with E-state index in [1.807, 2.05) is 0 Å². The normalized spacial score (nSPS) is 12.0. The van der Waals surface area contributed by atoms with Gasteiger partial charge in [0.1, 0.15) is 13.2 Å². The van der Waals surface area contributed by atoms with Crippen molar-refractivity contribution >= 4 is 17.9 Å². The van der Waals surface area contributed by atoms with E-state index in [0.717, 1.165) is 70.6 Å². The Bertz CT molecular complexity index is 1250. The van der Waals surface area contributed by atoms with E-state index in [2.05, 4.69) is 32.9 Å². The molecule has 0 aromatic heterocycles. The van der Waals surface area contributed by atoms with Gasteiger partial charge in [0.25, 0.3) is 0 Å². The van der Waals surface area contributed by atoms with Crippen LogP contribution in [0.5, 0.6) is 0 Å². The van der Waals surface area contributed by atoms with E-state index in [1.54, 1.807) is 0 Å². The minimum Gasteiger partial charge on any atom is -0.462 e. The van der Waals surface area contributed by atoms with Crippen molar-refractivity contribution in [1.82, 2.24) is 0 Å². The molecule has 6 heteroatoms. The highest BCUT2D eigenvalue weighted by molar-refractivity contribution is 5.71. The van der Waals surface area contributed by atoms with Gasteiger partial charge in [0.15, 0.2) is 6.10 Å². The van der Waals surface area contributed by atoms with Crippen LogP contribution in [0, 0.1) is 0 Å². The molecule has 0 saturated carbocycles. The van der Waals surface area contributed by atoms with E-state index >= 15 is 0 Å². The van der Waals surface area contributed by atoms with Crippen LogP contribution in [0.3, 0.4) is 0 Å². The fraction of sp³-hybridized carbons (Fsp3) is 0.932. The van der Waals surface area contributed by atoms with E-state index in [1.165, 1.54) is 315 Å². The lowest BCUT2D eigenvalue weighted by Gasteiger charge is -2.18. The summed E-state index contributed by atoms with van der Waals surface area (Å²) in [4.78, 5) is 38.3. The Morgan fingerprint density at radius 1 is 0.237 bits per heavy atom. The van der Waals surface area contributed by atoms with Gasteiger partial charge in [-0.3, -0.25) is 14.4 Å². The highest BCUT2D eigenvalue weighted by atomic mass is 16.6. The molecule has 0 N–H and O–H groups in total. The van der Waals surface area contributed by atoms with E-state index in [-0.39, 0.29) is 31.1 Å². The lowest BCUT2D eigenvalue weighted by molar-refractivity contribution is -0.167. The molecule has 80 heavy (non-hydrogen) atoms. The van der Waals surface area contributed by atoms with Gasteiger partial charge >= 0.3 is 17.9 Å². The highest BCUT2D eigenvalue weighted by Gasteiger charge is 2.20. The highest BCUT2D eigenvalue weighted by Crippen LogP contribution is 2.20. The molecule has 0 aliphatic heterocycles. The predicted molar refractivity (Wildman–Crippen MR) is 349 cm³/mol. The summed E-state index contributed by atoms with van der Waals surface area (Å²) in [7, 11) is 0. The second-order valence-corrected chi connectivity index (χ2v) is 25.2. The topological polar surface area (TPSA) is 78.9 Å². The Morgan fingerprint density at radius 3 is 0.675 bits per heavy atom. The van der Waals surface area contributed by atoms with Crippen molar-refractivity contribution < 1.29 is 28.6 Å². The van der Waals surface area contributed by atoms with E-state index in [4.69, 9.17) is 14.2 Å². The number of esters is 3. The molecular weight excluding hydrogens is 985 g/mol. The third-order valence-corrected chi connectivity index (χ3v) is 17.0. The number of carbonyl (C=O) groups is 3. The Balaban J connectivity index is 4.09. The third kappa shape index (κ3) is 66.9. The first-order chi connectivity index (χ1) is 39.5. The van der Waals surface area contributed by atoms with Crippen LogP contribution in [0.4, 0.5) is 0 Å². The average molecular weight is 1130 g/mol. The standard InChI is InChI=1S/C74H142O6/c1-4-7-10-13-16-19-22-24-26-28-30-32-34-36-38-40-42-44-46-48-50-52-55-58-61-64-67-73(76)79-70-71(69-78-72(75)66-63-60-57-54-21-18-15-12-9-6-3)80-74(77)68-65-62-59-56-53-51-49-47-45-43-41-39-37-35-33-31-29-27-25-23-20-17-14-11-8-5-2/h12,15,71H,4-11,13-14,16-70H2,1-3H3/b15-12-. The minimum absolute atomic E-state index is 0.0659. The van der Waals surface area contributed by atoms with E-state index in [0.29, 0.717) is 19.3 Å². The molecule has 1 atom stereocenters. The molecule has 0 heterocycles. The van der Waals surface area contributed by atoms with Gasteiger partial charge < -0.3 is 14.2 Å². The van der Waals surface area contributed by atoms with Crippen LogP contribution in [0.15, 0.2) is 12.2 Å². The Kier molecular flexibility index (Phi) is 68.0. The van der Waals surface area contributed by atoms with Crippen LogP contribution in [-0.2, 0) is 28.6 Å². The number of rotatable bonds is 69. The molecule has 0 fully saturated rings. The monoisotopic (exact) mass is 1130 g/mol. The first kappa shape index (κ1) is 78.1. The van der Waals surface area contributed by atoms with Crippen LogP contribution >= 0.6 is 0 Å². The minimum atomic E-state index is -0.769. The van der Waals surface area contributed by atoms with Crippen molar-refractivity contribution in [3.05, 3.63) is 12.2 Å². The molecule has 0 aromatic rings. The van der Waals surface area contributed by atoms with Gasteiger partial charge in [-0.05, 0) is 38.5 Å². The number of ether oxygens (including phenoxy) is 3. The van der Waals surface area contributed by atoms with Crippen LogP contribution in [0.2, 0.25) is 0 Å². The van der Waals surface area contributed by atoms with E-state index < -0.39 is 6.10 Å². The second-order valence-electron chi connectivity index (χ2n) is 25.2. The Morgan fingerprint density at radius 2 is 0.438 bits per heavy atom. The summed E-state index contributed by atoms with van der Waals surface area (Å²) >= 11 is 0. The van der Waals surface area contributed by atoms with Crippen LogP contribution in [0.25, 0.3) is 0 Å². The largest absolute Gasteiger partial charge is 0.462 e. The van der Waals surface area contributed by atoms with Gasteiger partial charge in [-0.2, -0.15) is 0 Å². The Hall–Kier alpha value is -1.85. The summed E-state index contributed by atoms with van der Waals surface area (Å²) in [6.07, 6.45) is 84.2. The SMILES string of the molecule is CCC/C=C\CCCCCCCC(=O)OCC(COC(=O)CCCCCCCCCCCCCCCCCCCCCCCCCCCC)OC(=O)CCCCCCCCCCCCCCCCCCCCCCCCCCCC. The van der Waals surface area contributed by atoms with Crippen molar-refractivity contribution in [2.75, 3.05) is 13.2 Å². The second kappa shape index (κ2) is 69.6. The van der Waals surface area contributed by atoms with Crippen molar-refractivity contribution in [1.29, 1.82) is 0 Å². The lowest BCUT2D eigenvalue weighted by atomic mass is 10.0. The number of carbonyl (C=O) groups excluding carboxylic acids is 3. The van der Waals surface area contributed by atoms with Crippen molar-refractivity contribution in [3.63, 3.8) is 0 Å². The molecule has 0 rings (SSSR count). The van der Waals surface area contributed by atoms with Crippen molar-refractivity contribution in [3.8, 4) is 0 Å². The summed E-state index contributed by atoms with van der Waals surface area (Å²) in [6.45, 7) is 6.67. The molecule has 1 unspecified atom stereocenters. The predicted octanol–water partition coefficient (Wildman–Crippen LogP) is 25.2. The van der Waals surface area contributed by atoms with Gasteiger partial charge in [-0.25, -0.2) is 0 Å². The van der Waals surface area contributed by atoms with Gasteiger partial charge in [0, 0.05) is 19.3 Å². The maximum Gasteiger partial charge on any atom is 0.306 e. The lowest BCUT2D eigenvalue weighted by Crippen LogP contribution is -2.30. The maximum atomic E-state index is 12.9. The molecular formula is C74H142O6. The summed E-state index contributed by atoms with van der Waals surface area (Å²) in [5.74, 6) is -0.842. The van der Waals surface area contributed by atoms with Crippen molar-refractivity contribution in [2.24, 2.45) is 0 Å². The number of unbranched alkanes of at least 4 members (excludes halogenated alkanes) is 56.